The van der Waals surface area contributed by atoms with E-state index in [9.17, 15) is 9.90 Å². The van der Waals surface area contributed by atoms with Gasteiger partial charge in [-0.1, -0.05) is 91.0 Å². The fourth-order valence-electron chi connectivity index (χ4n) is 6.91. The number of hydrogen-bond donors (Lipinski definition) is 0. The molecule has 0 amide bonds. The highest BCUT2D eigenvalue weighted by Gasteiger charge is 2.57. The minimum Gasteiger partial charge on any atom is -0.834 e. The molecule has 0 heterocycles. The number of carbonyl (C=O) groups is 1. The van der Waals surface area contributed by atoms with Gasteiger partial charge in [-0.25, -0.2) is 0 Å². The quantitative estimate of drug-likeness (QED) is 0.327. The zero-order valence-corrected chi connectivity index (χ0v) is 21.4. The molecule has 2 aliphatic rings. The zero-order valence-electron chi connectivity index (χ0n) is 21.4. The Morgan fingerprint density at radius 2 is 1.44 bits per heavy atom. The monoisotopic (exact) mass is 483 g/mol. The van der Waals surface area contributed by atoms with Crippen LogP contribution in [0.3, 0.4) is 0 Å². The van der Waals surface area contributed by atoms with Crippen molar-refractivity contribution in [1.82, 2.24) is 0 Å². The van der Waals surface area contributed by atoms with Gasteiger partial charge >= 0.3 is 5.97 Å². The molecular weight excluding hydrogens is 446 g/mol. The normalized spacial score (nSPS) is 23.5. The van der Waals surface area contributed by atoms with Gasteiger partial charge in [-0.3, -0.25) is 4.79 Å². The minimum absolute atomic E-state index is 0.187. The van der Waals surface area contributed by atoms with Crippen molar-refractivity contribution >= 4 is 5.97 Å². The summed E-state index contributed by atoms with van der Waals surface area (Å²) in [6.07, 6.45) is 5.13. The fourth-order valence-corrected chi connectivity index (χ4v) is 6.91. The van der Waals surface area contributed by atoms with Crippen LogP contribution in [-0.4, -0.2) is 43.2 Å². The van der Waals surface area contributed by atoms with E-state index in [1.54, 1.807) is 48.5 Å². The number of esters is 1. The third kappa shape index (κ3) is 4.72. The number of hydrogen-bond acceptors (Lipinski definition) is 3. The van der Waals surface area contributed by atoms with Crippen molar-refractivity contribution in [3.63, 3.8) is 0 Å². The molecule has 2 unspecified atom stereocenters. The van der Waals surface area contributed by atoms with Gasteiger partial charge in [0.2, 0.25) is 0 Å². The Morgan fingerprint density at radius 1 is 0.889 bits per heavy atom. The summed E-state index contributed by atoms with van der Waals surface area (Å²) in [4.78, 5) is 13.6. The largest absolute Gasteiger partial charge is 0.834 e. The number of aryl methyl sites for hydroxylation is 1. The third-order valence-electron chi connectivity index (χ3n) is 8.56. The number of nitrogens with zero attached hydrogens (tertiary/aromatic N) is 1. The first-order chi connectivity index (χ1) is 17.4. The molecule has 0 radical (unpaired) electrons. The average Bonchev–Trinajstić information content (AvgIpc) is 3.49. The van der Waals surface area contributed by atoms with Crippen LogP contribution in [-0.2, 0) is 21.6 Å². The van der Waals surface area contributed by atoms with E-state index in [1.165, 1.54) is 12.0 Å². The van der Waals surface area contributed by atoms with E-state index < -0.39 is 11.6 Å². The second-order valence-corrected chi connectivity index (χ2v) is 11.2. The van der Waals surface area contributed by atoms with Crippen LogP contribution in [0, 0.1) is 11.8 Å². The predicted octanol–water partition coefficient (Wildman–Crippen LogP) is 4.71. The molecule has 0 saturated heterocycles. The van der Waals surface area contributed by atoms with E-state index >= 15 is 0 Å². The van der Waals surface area contributed by atoms with Gasteiger partial charge in [0.25, 0.3) is 0 Å². The summed E-state index contributed by atoms with van der Waals surface area (Å²) < 4.78 is 7.10. The van der Waals surface area contributed by atoms with Gasteiger partial charge in [0, 0.05) is 23.9 Å². The number of quaternary nitrogens is 1. The lowest BCUT2D eigenvalue weighted by Gasteiger charge is -2.41. The molecule has 4 heteroatoms. The van der Waals surface area contributed by atoms with Gasteiger partial charge in [-0.2, -0.15) is 0 Å². The zero-order chi connectivity index (χ0) is 25.2. The molecule has 0 N–H and O–H groups in total. The molecule has 0 aliphatic heterocycles. The lowest BCUT2D eigenvalue weighted by molar-refractivity contribution is -0.919. The van der Waals surface area contributed by atoms with Crippen LogP contribution in [0.15, 0.2) is 91.0 Å². The highest BCUT2D eigenvalue weighted by Crippen LogP contribution is 2.50. The molecule has 3 aromatic carbocycles. The summed E-state index contributed by atoms with van der Waals surface area (Å²) in [5.41, 5.74) is 0.170. The molecule has 0 aromatic heterocycles. The van der Waals surface area contributed by atoms with E-state index in [0.717, 1.165) is 36.7 Å². The Morgan fingerprint density at radius 3 is 2.03 bits per heavy atom. The summed E-state index contributed by atoms with van der Waals surface area (Å²) in [5, 5.41) is 14.3. The van der Waals surface area contributed by atoms with Crippen molar-refractivity contribution in [3.05, 3.63) is 108 Å². The SMILES string of the molecule is C[N+](C)(CCCc1ccccc1)C1C2CC[C@H]1[C@@H](OC(=O)C([O-])(c1ccccc1)c1ccccc1)C2. The highest BCUT2D eigenvalue weighted by atomic mass is 16.6. The summed E-state index contributed by atoms with van der Waals surface area (Å²) in [5.74, 6) is 0.168. The Bertz CT molecular complexity index is 1110. The Hall–Kier alpha value is -2.95. The summed E-state index contributed by atoms with van der Waals surface area (Å²) in [6, 6.07) is 29.0. The highest BCUT2D eigenvalue weighted by molar-refractivity contribution is 5.85. The molecule has 4 atom stereocenters. The summed E-state index contributed by atoms with van der Waals surface area (Å²) in [6.45, 7) is 1.09. The van der Waals surface area contributed by atoms with Crippen molar-refractivity contribution in [3.8, 4) is 0 Å². The molecule has 5 rings (SSSR count). The maximum absolute atomic E-state index is 14.3. The van der Waals surface area contributed by atoms with Crippen molar-refractivity contribution < 1.29 is 19.1 Å². The van der Waals surface area contributed by atoms with Gasteiger partial charge in [-0.05, 0) is 42.4 Å². The second-order valence-electron chi connectivity index (χ2n) is 11.2. The number of fused-ring (bicyclic) bond motifs is 2. The van der Waals surface area contributed by atoms with E-state index in [2.05, 4.69) is 44.4 Å². The molecule has 0 spiro atoms. The van der Waals surface area contributed by atoms with Crippen LogP contribution in [0.5, 0.6) is 0 Å². The number of carbonyl (C=O) groups excluding carboxylic acids is 1. The van der Waals surface area contributed by atoms with E-state index in [1.807, 2.05) is 12.1 Å². The van der Waals surface area contributed by atoms with Crippen LogP contribution in [0.4, 0.5) is 0 Å². The Kier molecular flexibility index (Phi) is 7.00. The van der Waals surface area contributed by atoms with E-state index in [4.69, 9.17) is 4.74 Å². The summed E-state index contributed by atoms with van der Waals surface area (Å²) in [7, 11) is 4.66. The predicted molar refractivity (Wildman–Crippen MR) is 140 cm³/mol. The Labute approximate surface area is 215 Å². The van der Waals surface area contributed by atoms with Crippen LogP contribution in [0.1, 0.15) is 42.4 Å². The number of rotatable bonds is 9. The van der Waals surface area contributed by atoms with E-state index in [-0.39, 0.29) is 6.10 Å². The van der Waals surface area contributed by atoms with Gasteiger partial charge in [0.05, 0.1) is 26.7 Å². The first kappa shape index (κ1) is 24.7. The van der Waals surface area contributed by atoms with E-state index in [0.29, 0.717) is 29.0 Å². The minimum atomic E-state index is -2.07. The van der Waals surface area contributed by atoms with Crippen molar-refractivity contribution in [1.29, 1.82) is 0 Å². The fraction of sp³-hybridized carbons (Fsp3) is 0.406. The van der Waals surface area contributed by atoms with Gasteiger partial charge < -0.3 is 14.3 Å². The third-order valence-corrected chi connectivity index (χ3v) is 8.56. The summed E-state index contributed by atoms with van der Waals surface area (Å²) >= 11 is 0. The maximum atomic E-state index is 14.3. The molecule has 4 nitrogen and oxygen atoms in total. The molecular formula is C32H37NO3. The molecule has 3 aromatic rings. The smallest absolute Gasteiger partial charge is 0.304 e. The Balaban J connectivity index is 1.30. The van der Waals surface area contributed by atoms with Crippen LogP contribution < -0.4 is 5.11 Å². The average molecular weight is 484 g/mol. The topological polar surface area (TPSA) is 49.4 Å². The first-order valence-electron chi connectivity index (χ1n) is 13.3. The molecule has 2 fully saturated rings. The molecule has 2 bridgehead atoms. The number of ether oxygens (including phenoxy) is 1. The van der Waals surface area contributed by atoms with Crippen molar-refractivity contribution in [2.75, 3.05) is 20.6 Å². The van der Waals surface area contributed by atoms with Gasteiger partial charge in [-0.15, -0.1) is 0 Å². The molecule has 36 heavy (non-hydrogen) atoms. The number of benzene rings is 3. The van der Waals surface area contributed by atoms with Crippen molar-refractivity contribution in [2.24, 2.45) is 11.8 Å². The lowest BCUT2D eigenvalue weighted by atomic mass is 9.86. The lowest BCUT2D eigenvalue weighted by Crippen LogP contribution is -2.54. The molecule has 2 saturated carbocycles. The van der Waals surface area contributed by atoms with Crippen LogP contribution >= 0.6 is 0 Å². The standard InChI is InChI=1S/C32H37NO3/c1-33(2,22-12-15-24-13-6-3-7-14-24)30-25-20-21-28(30)29(23-25)36-31(34)32(35,26-16-8-4-9-17-26)27-18-10-5-11-19-27/h3-11,13-14,16-19,25,28-30H,12,15,20-23H2,1-2H3/t25?,28-,29-,30?/m0/s1. The second kappa shape index (κ2) is 10.2. The first-order valence-corrected chi connectivity index (χ1v) is 13.3. The van der Waals surface area contributed by atoms with Gasteiger partial charge in [0.15, 0.2) is 0 Å². The van der Waals surface area contributed by atoms with Gasteiger partial charge in [0.1, 0.15) is 6.10 Å². The molecule has 2 aliphatic carbocycles. The van der Waals surface area contributed by atoms with Crippen LogP contribution in [0.2, 0.25) is 0 Å². The van der Waals surface area contributed by atoms with Crippen molar-refractivity contribution in [2.45, 2.75) is 49.9 Å². The molecule has 188 valence electrons. The van der Waals surface area contributed by atoms with Crippen LogP contribution in [0.25, 0.3) is 0 Å². The maximum Gasteiger partial charge on any atom is 0.304 e.